The van der Waals surface area contributed by atoms with Gasteiger partial charge in [0.15, 0.2) is 0 Å². The third kappa shape index (κ3) is 2.02. The molecule has 1 aliphatic heterocycles. The molecule has 0 aliphatic carbocycles. The van der Waals surface area contributed by atoms with Gasteiger partial charge in [-0.1, -0.05) is 0 Å². The number of carbonyl (C=O) groups excluding carboxylic acids is 1. The molecule has 0 fully saturated rings. The Bertz CT molecular complexity index is 360. The molecule has 2 rings (SSSR count). The predicted molar refractivity (Wildman–Crippen MR) is 56.3 cm³/mol. The second-order valence-corrected chi connectivity index (χ2v) is 3.99. The monoisotopic (exact) mass is 208 g/mol. The Kier molecular flexibility index (Phi) is 2.73. The highest BCUT2D eigenvalue weighted by atomic mass is 16.1. The maximum atomic E-state index is 11.3. The molecule has 0 spiro atoms. The number of nitrogens with one attached hydrogen (secondary N) is 1. The van der Waals surface area contributed by atoms with E-state index in [0.717, 1.165) is 13.1 Å². The number of aromatic nitrogens is 2. The summed E-state index contributed by atoms with van der Waals surface area (Å²) in [6.07, 6.45) is 2.29. The number of amides is 1. The first-order valence-corrected chi connectivity index (χ1v) is 5.12. The van der Waals surface area contributed by atoms with Crippen LogP contribution < -0.4 is 5.32 Å². The molecule has 15 heavy (non-hydrogen) atoms. The molecule has 1 amide bonds. The van der Waals surface area contributed by atoms with Crippen LogP contribution in [0.25, 0.3) is 0 Å². The van der Waals surface area contributed by atoms with Crippen molar-refractivity contribution in [3.63, 3.8) is 0 Å². The van der Waals surface area contributed by atoms with Gasteiger partial charge in [0.1, 0.15) is 0 Å². The maximum Gasteiger partial charge on any atom is 0.221 e. The van der Waals surface area contributed by atoms with Gasteiger partial charge in [-0.15, -0.1) is 0 Å². The summed E-state index contributed by atoms with van der Waals surface area (Å²) in [5.41, 5.74) is 1.18. The maximum absolute atomic E-state index is 11.3. The first-order valence-electron chi connectivity index (χ1n) is 5.12. The number of nitrogens with zero attached hydrogens (tertiary/aromatic N) is 3. The van der Waals surface area contributed by atoms with Crippen molar-refractivity contribution >= 4 is 5.91 Å². The Hall–Kier alpha value is -1.36. The predicted octanol–water partition coefficient (Wildman–Crippen LogP) is 0.00570. The van der Waals surface area contributed by atoms with E-state index >= 15 is 0 Å². The minimum absolute atomic E-state index is 0.0664. The Labute approximate surface area is 89.1 Å². The lowest BCUT2D eigenvalue weighted by Crippen LogP contribution is -2.37. The van der Waals surface area contributed by atoms with Crippen LogP contribution in [0.4, 0.5) is 0 Å². The van der Waals surface area contributed by atoms with Crippen molar-refractivity contribution in [3.8, 4) is 0 Å². The van der Waals surface area contributed by atoms with Gasteiger partial charge in [0.05, 0.1) is 18.2 Å². The Balaban J connectivity index is 2.16. The SMILES string of the molecule is CNC(=O)C[C@@H]1CN(C)Cc2ccnn21. The molecule has 0 aromatic carbocycles. The molecular formula is C10H16N4O. The van der Waals surface area contributed by atoms with Crippen molar-refractivity contribution in [1.29, 1.82) is 0 Å². The zero-order chi connectivity index (χ0) is 10.8. The normalized spacial score (nSPS) is 21.1. The molecular weight excluding hydrogens is 192 g/mol. The number of carbonyl (C=O) groups is 1. The van der Waals surface area contributed by atoms with Crippen molar-refractivity contribution in [2.45, 2.75) is 19.0 Å². The Morgan fingerprint density at radius 1 is 1.73 bits per heavy atom. The highest BCUT2D eigenvalue weighted by Crippen LogP contribution is 2.21. The third-order valence-corrected chi connectivity index (χ3v) is 2.75. The fraction of sp³-hybridized carbons (Fsp3) is 0.600. The molecule has 5 nitrogen and oxygen atoms in total. The average molecular weight is 208 g/mol. The number of fused-ring (bicyclic) bond motifs is 1. The Morgan fingerprint density at radius 3 is 3.27 bits per heavy atom. The molecule has 82 valence electrons. The van der Waals surface area contributed by atoms with Crippen LogP contribution in [0.15, 0.2) is 12.3 Å². The number of likely N-dealkylation sites (N-methyl/N-ethyl adjacent to an activating group) is 1. The van der Waals surface area contributed by atoms with Gasteiger partial charge < -0.3 is 5.32 Å². The molecule has 5 heteroatoms. The van der Waals surface area contributed by atoms with E-state index in [9.17, 15) is 4.79 Å². The van der Waals surface area contributed by atoms with Crippen LogP contribution in [-0.4, -0.2) is 41.2 Å². The van der Waals surface area contributed by atoms with E-state index in [1.54, 1.807) is 13.2 Å². The molecule has 1 aromatic heterocycles. The summed E-state index contributed by atoms with van der Waals surface area (Å²) in [4.78, 5) is 13.6. The third-order valence-electron chi connectivity index (χ3n) is 2.75. The van der Waals surface area contributed by atoms with Crippen LogP contribution in [0.3, 0.4) is 0 Å². The minimum atomic E-state index is 0.0664. The van der Waals surface area contributed by atoms with E-state index in [4.69, 9.17) is 0 Å². The van der Waals surface area contributed by atoms with E-state index in [0.29, 0.717) is 6.42 Å². The quantitative estimate of drug-likeness (QED) is 0.744. The fourth-order valence-corrected chi connectivity index (χ4v) is 2.04. The first kappa shape index (κ1) is 10.2. The summed E-state index contributed by atoms with van der Waals surface area (Å²) in [6, 6.07) is 2.17. The van der Waals surface area contributed by atoms with E-state index in [2.05, 4.69) is 22.4 Å². The van der Waals surface area contributed by atoms with Crippen LogP contribution in [0.2, 0.25) is 0 Å². The summed E-state index contributed by atoms with van der Waals surface area (Å²) in [5.74, 6) is 0.0664. The smallest absolute Gasteiger partial charge is 0.221 e. The van der Waals surface area contributed by atoms with Gasteiger partial charge in [-0.25, -0.2) is 0 Å². The standard InChI is InChI=1S/C10H16N4O/c1-11-10(15)5-9-7-13(2)6-8-3-4-12-14(8)9/h3-4,9H,5-7H2,1-2H3,(H,11,15)/t9-/m1/s1. The second kappa shape index (κ2) is 4.02. The van der Waals surface area contributed by atoms with Crippen molar-refractivity contribution in [3.05, 3.63) is 18.0 Å². The van der Waals surface area contributed by atoms with Crippen LogP contribution >= 0.6 is 0 Å². The van der Waals surface area contributed by atoms with Crippen LogP contribution in [0, 0.1) is 0 Å². The van der Waals surface area contributed by atoms with Gasteiger partial charge in [0.2, 0.25) is 5.91 Å². The molecule has 2 heterocycles. The van der Waals surface area contributed by atoms with Gasteiger partial charge in [0, 0.05) is 26.3 Å². The van der Waals surface area contributed by atoms with Crippen LogP contribution in [0.5, 0.6) is 0 Å². The van der Waals surface area contributed by atoms with E-state index in [1.165, 1.54) is 5.69 Å². The second-order valence-electron chi connectivity index (χ2n) is 3.99. The summed E-state index contributed by atoms with van der Waals surface area (Å²) in [6.45, 7) is 1.78. The molecule has 1 N–H and O–H groups in total. The van der Waals surface area contributed by atoms with Crippen molar-refractivity contribution in [1.82, 2.24) is 20.0 Å². The van der Waals surface area contributed by atoms with Gasteiger partial charge >= 0.3 is 0 Å². The van der Waals surface area contributed by atoms with E-state index in [-0.39, 0.29) is 11.9 Å². The summed E-state index contributed by atoms with van der Waals surface area (Å²) >= 11 is 0. The number of hydrogen-bond donors (Lipinski definition) is 1. The molecule has 1 aliphatic rings. The zero-order valence-corrected chi connectivity index (χ0v) is 9.10. The summed E-state index contributed by atoms with van der Waals surface area (Å²) in [5, 5.41) is 6.92. The van der Waals surface area contributed by atoms with Crippen molar-refractivity contribution in [2.24, 2.45) is 0 Å². The van der Waals surface area contributed by atoms with Gasteiger partial charge in [0.25, 0.3) is 0 Å². The van der Waals surface area contributed by atoms with Crippen LogP contribution in [-0.2, 0) is 11.3 Å². The molecule has 0 radical (unpaired) electrons. The first-order chi connectivity index (χ1) is 7.20. The summed E-state index contributed by atoms with van der Waals surface area (Å²) < 4.78 is 1.97. The molecule has 1 atom stereocenters. The Morgan fingerprint density at radius 2 is 2.53 bits per heavy atom. The topological polar surface area (TPSA) is 50.2 Å². The van der Waals surface area contributed by atoms with Gasteiger partial charge in [-0.2, -0.15) is 5.10 Å². The molecule has 0 saturated heterocycles. The van der Waals surface area contributed by atoms with Crippen molar-refractivity contribution < 1.29 is 4.79 Å². The average Bonchev–Trinajstić information content (AvgIpc) is 2.65. The number of rotatable bonds is 2. The van der Waals surface area contributed by atoms with Crippen molar-refractivity contribution in [2.75, 3.05) is 20.6 Å². The minimum Gasteiger partial charge on any atom is -0.359 e. The van der Waals surface area contributed by atoms with Gasteiger partial charge in [-0.3, -0.25) is 14.4 Å². The molecule has 0 unspecified atom stereocenters. The number of hydrogen-bond acceptors (Lipinski definition) is 3. The van der Waals surface area contributed by atoms with Gasteiger partial charge in [-0.05, 0) is 13.1 Å². The highest BCUT2D eigenvalue weighted by Gasteiger charge is 2.24. The van der Waals surface area contributed by atoms with Crippen LogP contribution in [0.1, 0.15) is 18.2 Å². The largest absolute Gasteiger partial charge is 0.359 e. The lowest BCUT2D eigenvalue weighted by molar-refractivity contribution is -0.121. The summed E-state index contributed by atoms with van der Waals surface area (Å²) in [7, 11) is 3.73. The molecule has 0 bridgehead atoms. The molecule has 0 saturated carbocycles. The zero-order valence-electron chi connectivity index (χ0n) is 9.10. The highest BCUT2D eigenvalue weighted by molar-refractivity contribution is 5.76. The fourth-order valence-electron chi connectivity index (χ4n) is 2.04. The lowest BCUT2D eigenvalue weighted by atomic mass is 10.1. The lowest BCUT2D eigenvalue weighted by Gasteiger charge is -2.30. The molecule has 1 aromatic rings. The van der Waals surface area contributed by atoms with E-state index in [1.807, 2.05) is 10.7 Å². The van der Waals surface area contributed by atoms with E-state index < -0.39 is 0 Å².